The zero-order valence-electron chi connectivity index (χ0n) is 9.82. The number of unbranched alkanes of at least 4 members (excludes halogenated alkanes) is 1. The summed E-state index contributed by atoms with van der Waals surface area (Å²) in [4.78, 5) is 2.42. The lowest BCUT2D eigenvalue weighted by Crippen LogP contribution is -2.27. The number of nitrogens with zero attached hydrogens (tertiary/aromatic N) is 2. The molecule has 0 aliphatic heterocycles. The standard InChI is InChI=1S/C14H18N2/c1-2-3-10-16(13-8-9-13)14-7-5-4-6-12(14)11-15/h4-7,13H,2-3,8-10H2,1H3. The Kier molecular flexibility index (Phi) is 3.46. The largest absolute Gasteiger partial charge is 0.367 e. The third kappa shape index (κ3) is 2.36. The van der Waals surface area contributed by atoms with Gasteiger partial charge in [-0.15, -0.1) is 0 Å². The van der Waals surface area contributed by atoms with Gasteiger partial charge in [-0.2, -0.15) is 5.26 Å². The van der Waals surface area contributed by atoms with Crippen LogP contribution in [0, 0.1) is 11.3 Å². The van der Waals surface area contributed by atoms with Gasteiger partial charge in [0.1, 0.15) is 6.07 Å². The van der Waals surface area contributed by atoms with E-state index in [1.165, 1.54) is 25.7 Å². The van der Waals surface area contributed by atoms with E-state index in [9.17, 15) is 0 Å². The Hall–Kier alpha value is -1.49. The predicted molar refractivity (Wildman–Crippen MR) is 66.4 cm³/mol. The van der Waals surface area contributed by atoms with E-state index < -0.39 is 0 Å². The highest BCUT2D eigenvalue weighted by Gasteiger charge is 2.29. The molecule has 1 aromatic carbocycles. The van der Waals surface area contributed by atoms with E-state index in [0.29, 0.717) is 6.04 Å². The second-order valence-electron chi connectivity index (χ2n) is 4.41. The topological polar surface area (TPSA) is 27.0 Å². The first-order chi connectivity index (χ1) is 7.86. The molecule has 2 heteroatoms. The molecule has 0 heterocycles. The van der Waals surface area contributed by atoms with Crippen molar-refractivity contribution in [3.05, 3.63) is 29.8 Å². The number of hydrogen-bond acceptors (Lipinski definition) is 2. The van der Waals surface area contributed by atoms with E-state index in [4.69, 9.17) is 5.26 Å². The molecule has 0 unspecified atom stereocenters. The number of benzene rings is 1. The molecular weight excluding hydrogens is 196 g/mol. The number of nitriles is 1. The summed E-state index contributed by atoms with van der Waals surface area (Å²) in [5, 5.41) is 9.12. The zero-order valence-corrected chi connectivity index (χ0v) is 9.82. The fourth-order valence-corrected chi connectivity index (χ4v) is 2.03. The SMILES string of the molecule is CCCCN(c1ccccc1C#N)C1CC1. The van der Waals surface area contributed by atoms with Gasteiger partial charge in [0.15, 0.2) is 0 Å². The zero-order chi connectivity index (χ0) is 11.4. The lowest BCUT2D eigenvalue weighted by atomic mass is 10.1. The second-order valence-corrected chi connectivity index (χ2v) is 4.41. The van der Waals surface area contributed by atoms with Crippen molar-refractivity contribution in [1.29, 1.82) is 5.26 Å². The minimum Gasteiger partial charge on any atom is -0.367 e. The van der Waals surface area contributed by atoms with Crippen molar-refractivity contribution in [2.45, 2.75) is 38.6 Å². The van der Waals surface area contributed by atoms with E-state index in [0.717, 1.165) is 17.8 Å². The van der Waals surface area contributed by atoms with Crippen LogP contribution < -0.4 is 4.90 Å². The van der Waals surface area contributed by atoms with Crippen molar-refractivity contribution in [3.63, 3.8) is 0 Å². The first-order valence-corrected chi connectivity index (χ1v) is 6.12. The molecular formula is C14H18N2. The molecule has 2 rings (SSSR count). The van der Waals surface area contributed by atoms with E-state index in [1.54, 1.807) is 0 Å². The maximum absolute atomic E-state index is 9.12. The van der Waals surface area contributed by atoms with Crippen LogP contribution in [0.1, 0.15) is 38.2 Å². The number of rotatable bonds is 5. The highest BCUT2D eigenvalue weighted by Crippen LogP contribution is 2.33. The molecule has 0 aromatic heterocycles. The van der Waals surface area contributed by atoms with Crippen LogP contribution in [-0.2, 0) is 0 Å². The average Bonchev–Trinajstić information content (AvgIpc) is 3.14. The van der Waals surface area contributed by atoms with Crippen LogP contribution in [0.25, 0.3) is 0 Å². The van der Waals surface area contributed by atoms with Gasteiger partial charge in [-0.1, -0.05) is 25.5 Å². The number of hydrogen-bond donors (Lipinski definition) is 0. The Labute approximate surface area is 97.5 Å². The van der Waals surface area contributed by atoms with Crippen LogP contribution in [0.4, 0.5) is 5.69 Å². The summed E-state index contributed by atoms with van der Waals surface area (Å²) in [6, 6.07) is 10.9. The summed E-state index contributed by atoms with van der Waals surface area (Å²) in [6.45, 7) is 3.29. The van der Waals surface area contributed by atoms with Gasteiger partial charge in [0.05, 0.1) is 11.3 Å². The van der Waals surface area contributed by atoms with Crippen LogP contribution in [0.5, 0.6) is 0 Å². The molecule has 1 aromatic rings. The monoisotopic (exact) mass is 214 g/mol. The molecule has 2 nitrogen and oxygen atoms in total. The first-order valence-electron chi connectivity index (χ1n) is 6.12. The predicted octanol–water partition coefficient (Wildman–Crippen LogP) is 3.33. The third-order valence-electron chi connectivity index (χ3n) is 3.07. The summed E-state index contributed by atoms with van der Waals surface area (Å²) in [7, 11) is 0. The molecule has 0 saturated heterocycles. The number of anilines is 1. The summed E-state index contributed by atoms with van der Waals surface area (Å²) in [6.07, 6.45) is 4.97. The lowest BCUT2D eigenvalue weighted by molar-refractivity contribution is 0.712. The Morgan fingerprint density at radius 2 is 2.12 bits per heavy atom. The van der Waals surface area contributed by atoms with Gasteiger partial charge >= 0.3 is 0 Å². The lowest BCUT2D eigenvalue weighted by Gasteiger charge is -2.25. The van der Waals surface area contributed by atoms with Gasteiger partial charge in [-0.05, 0) is 31.4 Å². The van der Waals surface area contributed by atoms with Gasteiger partial charge in [0, 0.05) is 12.6 Å². The van der Waals surface area contributed by atoms with Crippen LogP contribution in [-0.4, -0.2) is 12.6 Å². The number of para-hydroxylation sites is 1. The quantitative estimate of drug-likeness (QED) is 0.751. The summed E-state index contributed by atoms with van der Waals surface area (Å²) in [5.74, 6) is 0. The van der Waals surface area contributed by atoms with Gasteiger partial charge < -0.3 is 4.90 Å². The van der Waals surface area contributed by atoms with Crippen molar-refractivity contribution in [3.8, 4) is 6.07 Å². The molecule has 0 amide bonds. The molecule has 0 radical (unpaired) electrons. The van der Waals surface area contributed by atoms with E-state index in [1.807, 2.05) is 18.2 Å². The van der Waals surface area contributed by atoms with Crippen molar-refractivity contribution < 1.29 is 0 Å². The summed E-state index contributed by atoms with van der Waals surface area (Å²) >= 11 is 0. The summed E-state index contributed by atoms with van der Waals surface area (Å²) < 4.78 is 0. The second kappa shape index (κ2) is 5.03. The highest BCUT2D eigenvalue weighted by molar-refractivity contribution is 5.60. The van der Waals surface area contributed by atoms with Gasteiger partial charge in [0.2, 0.25) is 0 Å². The Morgan fingerprint density at radius 3 is 2.75 bits per heavy atom. The fraction of sp³-hybridized carbons (Fsp3) is 0.500. The third-order valence-corrected chi connectivity index (χ3v) is 3.07. The summed E-state index contributed by atoms with van der Waals surface area (Å²) in [5.41, 5.74) is 1.94. The molecule has 0 spiro atoms. The van der Waals surface area contributed by atoms with E-state index in [2.05, 4.69) is 24.0 Å². The molecule has 1 saturated carbocycles. The average molecular weight is 214 g/mol. The maximum Gasteiger partial charge on any atom is 0.101 e. The highest BCUT2D eigenvalue weighted by atomic mass is 15.2. The Bertz CT molecular complexity index is 388. The normalized spacial score (nSPS) is 14.5. The van der Waals surface area contributed by atoms with Crippen LogP contribution in [0.3, 0.4) is 0 Å². The van der Waals surface area contributed by atoms with Gasteiger partial charge in [-0.3, -0.25) is 0 Å². The minimum atomic E-state index is 0.682. The smallest absolute Gasteiger partial charge is 0.101 e. The molecule has 0 bridgehead atoms. The van der Waals surface area contributed by atoms with Crippen molar-refractivity contribution in [2.75, 3.05) is 11.4 Å². The molecule has 16 heavy (non-hydrogen) atoms. The van der Waals surface area contributed by atoms with E-state index in [-0.39, 0.29) is 0 Å². The Morgan fingerprint density at radius 1 is 1.38 bits per heavy atom. The minimum absolute atomic E-state index is 0.682. The molecule has 84 valence electrons. The fourth-order valence-electron chi connectivity index (χ4n) is 2.03. The molecule has 0 N–H and O–H groups in total. The maximum atomic E-state index is 9.12. The Balaban J connectivity index is 2.20. The molecule has 1 aliphatic rings. The van der Waals surface area contributed by atoms with Gasteiger partial charge in [-0.25, -0.2) is 0 Å². The first kappa shape index (κ1) is 11.0. The van der Waals surface area contributed by atoms with Crippen molar-refractivity contribution in [1.82, 2.24) is 0 Å². The molecule has 0 atom stereocenters. The van der Waals surface area contributed by atoms with Gasteiger partial charge in [0.25, 0.3) is 0 Å². The van der Waals surface area contributed by atoms with Crippen LogP contribution >= 0.6 is 0 Å². The van der Waals surface area contributed by atoms with Crippen molar-refractivity contribution in [2.24, 2.45) is 0 Å². The van der Waals surface area contributed by atoms with Crippen molar-refractivity contribution >= 4 is 5.69 Å². The molecule has 1 aliphatic carbocycles. The van der Waals surface area contributed by atoms with Crippen LogP contribution in [0.15, 0.2) is 24.3 Å². The van der Waals surface area contributed by atoms with Crippen LogP contribution in [0.2, 0.25) is 0 Å². The van der Waals surface area contributed by atoms with E-state index >= 15 is 0 Å². The molecule has 1 fully saturated rings.